The van der Waals surface area contributed by atoms with Gasteiger partial charge in [0.2, 0.25) is 0 Å². The largest absolute Gasteiger partial charge is 0.498 e. The van der Waals surface area contributed by atoms with E-state index in [2.05, 4.69) is 53.1 Å². The first-order valence-corrected chi connectivity index (χ1v) is 12.4. The van der Waals surface area contributed by atoms with E-state index in [4.69, 9.17) is 19.1 Å². The molecule has 2 unspecified atom stereocenters. The lowest BCUT2D eigenvalue weighted by molar-refractivity contribution is -0.250. The monoisotopic (exact) mass is 444 g/mol. The first kappa shape index (κ1) is 22.9. The standard InChI is InChI=1S/C25H41BN2O4/c1-18-19(26-31-20(2,3)21(4,5)32-26)10-27-28(18)17-24-12-22(6)11-23(7,13-24)15-25(14-22,16-24)30-9-8-29/h10,29H,8-9,11-17H2,1-7H3. The molecule has 32 heavy (non-hydrogen) atoms. The summed E-state index contributed by atoms with van der Waals surface area (Å²) in [5, 5.41) is 14.3. The highest BCUT2D eigenvalue weighted by molar-refractivity contribution is 6.62. The maximum Gasteiger partial charge on any atom is 0.498 e. The number of nitrogens with zero attached hydrogens (tertiary/aromatic N) is 2. The van der Waals surface area contributed by atoms with Crippen LogP contribution < -0.4 is 5.46 Å². The van der Waals surface area contributed by atoms with Gasteiger partial charge in [0.1, 0.15) is 0 Å². The van der Waals surface area contributed by atoms with Crippen LogP contribution >= 0.6 is 0 Å². The third kappa shape index (κ3) is 3.50. The Morgan fingerprint density at radius 3 is 2.12 bits per heavy atom. The molecule has 2 heterocycles. The van der Waals surface area contributed by atoms with Crippen LogP contribution in [0, 0.1) is 23.2 Å². The fourth-order valence-electron chi connectivity index (χ4n) is 8.55. The van der Waals surface area contributed by atoms with Gasteiger partial charge < -0.3 is 19.2 Å². The quantitative estimate of drug-likeness (QED) is 0.679. The highest BCUT2D eigenvalue weighted by Crippen LogP contribution is 2.72. The topological polar surface area (TPSA) is 65.7 Å². The Balaban J connectivity index is 1.42. The lowest BCUT2D eigenvalue weighted by atomic mass is 9.39. The van der Waals surface area contributed by atoms with Crippen molar-refractivity contribution in [1.29, 1.82) is 0 Å². The van der Waals surface area contributed by atoms with Crippen LogP contribution in [0.3, 0.4) is 0 Å². The summed E-state index contributed by atoms with van der Waals surface area (Å²) in [4.78, 5) is 0. The first-order chi connectivity index (χ1) is 14.7. The van der Waals surface area contributed by atoms with Crippen molar-refractivity contribution in [3.05, 3.63) is 11.9 Å². The Hall–Kier alpha value is -0.885. The number of ether oxygens (including phenoxy) is 1. The fraction of sp³-hybridized carbons (Fsp3) is 0.880. The molecule has 1 saturated heterocycles. The van der Waals surface area contributed by atoms with E-state index in [1.165, 1.54) is 19.3 Å². The Morgan fingerprint density at radius 1 is 0.969 bits per heavy atom. The van der Waals surface area contributed by atoms with E-state index >= 15 is 0 Å². The third-order valence-electron chi connectivity index (χ3n) is 9.29. The summed E-state index contributed by atoms with van der Waals surface area (Å²) in [7, 11) is -0.376. The molecule has 0 amide bonds. The zero-order valence-corrected chi connectivity index (χ0v) is 21.1. The second-order valence-electron chi connectivity index (χ2n) is 13.4. The van der Waals surface area contributed by atoms with Crippen molar-refractivity contribution >= 4 is 12.6 Å². The highest BCUT2D eigenvalue weighted by atomic mass is 16.7. The van der Waals surface area contributed by atoms with Gasteiger partial charge in [-0.3, -0.25) is 4.68 Å². The summed E-state index contributed by atoms with van der Waals surface area (Å²) < 4.78 is 21.2. The molecule has 1 aliphatic heterocycles. The third-order valence-corrected chi connectivity index (χ3v) is 9.29. The van der Waals surface area contributed by atoms with Crippen molar-refractivity contribution in [1.82, 2.24) is 9.78 Å². The van der Waals surface area contributed by atoms with Gasteiger partial charge in [-0.25, -0.2) is 0 Å². The molecule has 0 aromatic carbocycles. The molecule has 1 aromatic heterocycles. The molecule has 7 heteroatoms. The minimum atomic E-state index is -0.376. The van der Waals surface area contributed by atoms with Gasteiger partial charge in [0.15, 0.2) is 0 Å². The summed E-state index contributed by atoms with van der Waals surface area (Å²) >= 11 is 0. The molecule has 4 bridgehead atoms. The van der Waals surface area contributed by atoms with Crippen molar-refractivity contribution in [2.75, 3.05) is 13.2 Å². The van der Waals surface area contributed by atoms with Gasteiger partial charge in [0.25, 0.3) is 0 Å². The van der Waals surface area contributed by atoms with Crippen molar-refractivity contribution in [3.63, 3.8) is 0 Å². The molecule has 1 aromatic rings. The van der Waals surface area contributed by atoms with Crippen LogP contribution in [-0.4, -0.2) is 52.0 Å². The molecule has 4 aliphatic carbocycles. The lowest BCUT2D eigenvalue weighted by Crippen LogP contribution is -2.64. The van der Waals surface area contributed by atoms with Crippen LogP contribution in [0.15, 0.2) is 6.20 Å². The number of hydrogen-bond acceptors (Lipinski definition) is 5. The van der Waals surface area contributed by atoms with Gasteiger partial charge in [0, 0.05) is 23.9 Å². The molecule has 5 fully saturated rings. The predicted molar refractivity (Wildman–Crippen MR) is 125 cm³/mol. The van der Waals surface area contributed by atoms with E-state index in [0.29, 0.717) is 17.4 Å². The van der Waals surface area contributed by atoms with Crippen LogP contribution in [0.25, 0.3) is 0 Å². The van der Waals surface area contributed by atoms with Gasteiger partial charge in [-0.1, -0.05) is 13.8 Å². The van der Waals surface area contributed by atoms with Gasteiger partial charge in [-0.15, -0.1) is 0 Å². The molecular formula is C25H41BN2O4. The SMILES string of the molecule is Cc1c(B2OC(C)(C)C(C)(C)O2)cnn1CC12CC3(C)CC(C)(C1)CC(OCCO)(C3)C2. The Labute approximate surface area is 193 Å². The summed E-state index contributed by atoms with van der Waals surface area (Å²) in [6.45, 7) is 16.9. The van der Waals surface area contributed by atoms with E-state index in [9.17, 15) is 5.11 Å². The van der Waals surface area contributed by atoms with Crippen LogP contribution in [0.1, 0.15) is 85.8 Å². The van der Waals surface area contributed by atoms with Crippen LogP contribution in [0.4, 0.5) is 0 Å². The van der Waals surface area contributed by atoms with E-state index in [0.717, 1.165) is 37.0 Å². The summed E-state index contributed by atoms with van der Waals surface area (Å²) in [5.74, 6) is 0. The normalized spacial score (nSPS) is 41.6. The number of aliphatic hydroxyl groups excluding tert-OH is 1. The first-order valence-electron chi connectivity index (χ1n) is 12.4. The molecule has 4 saturated carbocycles. The Bertz CT molecular complexity index is 876. The average Bonchev–Trinajstić information content (AvgIpc) is 3.05. The van der Waals surface area contributed by atoms with Gasteiger partial charge in [-0.2, -0.15) is 5.10 Å². The maximum absolute atomic E-state index is 9.45. The van der Waals surface area contributed by atoms with E-state index < -0.39 is 0 Å². The summed E-state index contributed by atoms with van der Waals surface area (Å²) in [5.41, 5.74) is 2.14. The minimum absolute atomic E-state index is 0.0951. The smallest absolute Gasteiger partial charge is 0.399 e. The minimum Gasteiger partial charge on any atom is -0.399 e. The molecule has 0 spiro atoms. The molecule has 1 N–H and O–H groups in total. The highest BCUT2D eigenvalue weighted by Gasteiger charge is 2.66. The van der Waals surface area contributed by atoms with Crippen molar-refractivity contribution in [2.45, 2.75) is 110 Å². The van der Waals surface area contributed by atoms with Crippen LogP contribution in [0.2, 0.25) is 0 Å². The molecule has 6 nitrogen and oxygen atoms in total. The number of rotatable bonds is 6. The van der Waals surface area contributed by atoms with E-state index in [1.54, 1.807) is 0 Å². The van der Waals surface area contributed by atoms with Gasteiger partial charge in [-0.05, 0) is 89.4 Å². The molecule has 6 rings (SSSR count). The number of aromatic nitrogens is 2. The van der Waals surface area contributed by atoms with Crippen LogP contribution in [0.5, 0.6) is 0 Å². The second kappa shape index (κ2) is 6.83. The Kier molecular flexibility index (Phi) is 4.89. The zero-order valence-electron chi connectivity index (χ0n) is 21.1. The molecule has 5 aliphatic rings. The Morgan fingerprint density at radius 2 is 1.56 bits per heavy atom. The van der Waals surface area contributed by atoms with E-state index in [-0.39, 0.29) is 35.9 Å². The van der Waals surface area contributed by atoms with Crippen molar-refractivity contribution in [2.24, 2.45) is 16.2 Å². The zero-order chi connectivity index (χ0) is 23.2. The second-order valence-corrected chi connectivity index (χ2v) is 13.4. The fourth-order valence-corrected chi connectivity index (χ4v) is 8.55. The molecule has 178 valence electrons. The average molecular weight is 444 g/mol. The number of hydrogen-bond donors (Lipinski definition) is 1. The summed E-state index contributed by atoms with van der Waals surface area (Å²) in [6, 6.07) is 0. The van der Waals surface area contributed by atoms with Crippen LogP contribution in [-0.2, 0) is 20.6 Å². The predicted octanol–water partition coefficient (Wildman–Crippen LogP) is 3.62. The van der Waals surface area contributed by atoms with E-state index in [1.807, 2.05) is 6.20 Å². The molecular weight excluding hydrogens is 403 g/mol. The summed E-state index contributed by atoms with van der Waals surface area (Å²) in [6.07, 6.45) is 8.98. The van der Waals surface area contributed by atoms with Gasteiger partial charge in [0.05, 0.1) is 30.0 Å². The maximum atomic E-state index is 9.45. The van der Waals surface area contributed by atoms with Crippen molar-refractivity contribution in [3.8, 4) is 0 Å². The molecule has 0 radical (unpaired) electrons. The lowest BCUT2D eigenvalue weighted by Gasteiger charge is -2.69. The molecule has 2 atom stereocenters. The van der Waals surface area contributed by atoms with Crippen molar-refractivity contribution < 1.29 is 19.2 Å². The number of aliphatic hydroxyl groups is 1. The van der Waals surface area contributed by atoms with Gasteiger partial charge >= 0.3 is 7.12 Å².